The van der Waals surface area contributed by atoms with Gasteiger partial charge >= 0.3 is 0 Å². The van der Waals surface area contributed by atoms with E-state index in [1.54, 1.807) is 30.3 Å². The van der Waals surface area contributed by atoms with Crippen LogP contribution in [0.1, 0.15) is 11.5 Å². The standard InChI is InChI=1S/C18H16N2O5S2/c1-14-7-9-15(10-8-14)18-20-19-17(25-18)13-26(21,22)11-12-27(23,24)16-5-3-2-4-6-16/h2-12H,13H2,1H3/b12-11+. The third-order valence-corrected chi connectivity index (χ3v) is 6.40. The van der Waals surface area contributed by atoms with Gasteiger partial charge in [0, 0.05) is 16.4 Å². The summed E-state index contributed by atoms with van der Waals surface area (Å²) in [5.41, 5.74) is 1.73. The van der Waals surface area contributed by atoms with Gasteiger partial charge in [-0.3, -0.25) is 0 Å². The summed E-state index contributed by atoms with van der Waals surface area (Å²) in [5.74, 6) is -0.513. The molecular weight excluding hydrogens is 388 g/mol. The molecule has 2 aromatic carbocycles. The fourth-order valence-electron chi connectivity index (χ4n) is 2.19. The minimum atomic E-state index is -3.91. The van der Waals surface area contributed by atoms with Crippen LogP contribution in [0.15, 0.2) is 74.7 Å². The quantitative estimate of drug-likeness (QED) is 0.621. The van der Waals surface area contributed by atoms with Crippen molar-refractivity contribution in [3.8, 4) is 11.5 Å². The van der Waals surface area contributed by atoms with Crippen LogP contribution in [0.4, 0.5) is 0 Å². The van der Waals surface area contributed by atoms with Crippen LogP contribution in [0.5, 0.6) is 0 Å². The van der Waals surface area contributed by atoms with Crippen LogP contribution in [0.25, 0.3) is 11.5 Å². The van der Waals surface area contributed by atoms with E-state index < -0.39 is 25.4 Å². The maximum Gasteiger partial charge on any atom is 0.247 e. The van der Waals surface area contributed by atoms with Gasteiger partial charge in [-0.05, 0) is 31.2 Å². The number of nitrogens with zero attached hydrogens (tertiary/aromatic N) is 2. The minimum Gasteiger partial charge on any atom is -0.420 e. The molecule has 0 aliphatic rings. The zero-order chi connectivity index (χ0) is 19.5. The van der Waals surface area contributed by atoms with Crippen LogP contribution >= 0.6 is 0 Å². The first-order chi connectivity index (χ1) is 12.8. The van der Waals surface area contributed by atoms with Crippen molar-refractivity contribution in [2.24, 2.45) is 0 Å². The van der Waals surface area contributed by atoms with Crippen molar-refractivity contribution >= 4 is 19.7 Å². The molecule has 7 nitrogen and oxygen atoms in total. The molecule has 0 amide bonds. The first kappa shape index (κ1) is 19.0. The summed E-state index contributed by atoms with van der Waals surface area (Å²) in [6.45, 7) is 1.94. The highest BCUT2D eigenvalue weighted by molar-refractivity contribution is 7.97. The normalized spacial score (nSPS) is 12.5. The molecule has 1 heterocycles. The van der Waals surface area contributed by atoms with E-state index in [9.17, 15) is 16.8 Å². The van der Waals surface area contributed by atoms with Crippen molar-refractivity contribution in [3.63, 3.8) is 0 Å². The highest BCUT2D eigenvalue weighted by Crippen LogP contribution is 2.20. The molecule has 0 aliphatic heterocycles. The Balaban J connectivity index is 1.76. The number of hydrogen-bond donors (Lipinski definition) is 0. The third kappa shape index (κ3) is 4.89. The summed E-state index contributed by atoms with van der Waals surface area (Å²) in [4.78, 5) is 0.0101. The number of sulfone groups is 2. The van der Waals surface area contributed by atoms with Crippen LogP contribution in [0.2, 0.25) is 0 Å². The Bertz CT molecular complexity index is 1160. The molecule has 0 saturated heterocycles. The first-order valence-electron chi connectivity index (χ1n) is 7.86. The molecule has 1 aromatic heterocycles. The molecule has 0 spiro atoms. The van der Waals surface area contributed by atoms with E-state index in [1.807, 2.05) is 19.1 Å². The fraction of sp³-hybridized carbons (Fsp3) is 0.111. The summed E-state index contributed by atoms with van der Waals surface area (Å²) in [7, 11) is -7.76. The van der Waals surface area contributed by atoms with Gasteiger partial charge in [0.1, 0.15) is 5.75 Å². The van der Waals surface area contributed by atoms with Gasteiger partial charge in [0.2, 0.25) is 21.6 Å². The van der Waals surface area contributed by atoms with Gasteiger partial charge < -0.3 is 4.42 Å². The SMILES string of the molecule is Cc1ccc(-c2nnc(CS(=O)(=O)/C=C/S(=O)(=O)c3ccccc3)o2)cc1. The van der Waals surface area contributed by atoms with Crippen molar-refractivity contribution < 1.29 is 21.3 Å². The molecule has 140 valence electrons. The molecule has 0 radical (unpaired) electrons. The zero-order valence-corrected chi connectivity index (χ0v) is 15.9. The van der Waals surface area contributed by atoms with E-state index in [1.165, 1.54) is 12.1 Å². The molecule has 27 heavy (non-hydrogen) atoms. The Morgan fingerprint density at radius 1 is 0.889 bits per heavy atom. The molecule has 3 aromatic rings. The molecular formula is C18H16N2O5S2. The molecule has 0 atom stereocenters. The summed E-state index contributed by atoms with van der Waals surface area (Å²) in [6.07, 6.45) is 0. The predicted octanol–water partition coefficient (Wildman–Crippen LogP) is 2.90. The number of hydrogen-bond acceptors (Lipinski definition) is 7. The van der Waals surface area contributed by atoms with Gasteiger partial charge in [-0.25, -0.2) is 16.8 Å². The number of aryl methyl sites for hydroxylation is 1. The van der Waals surface area contributed by atoms with Gasteiger partial charge in [-0.1, -0.05) is 35.9 Å². The second-order valence-electron chi connectivity index (χ2n) is 5.80. The molecule has 0 N–H and O–H groups in total. The molecule has 0 saturated carbocycles. The number of aromatic nitrogens is 2. The molecule has 9 heteroatoms. The molecule has 0 bridgehead atoms. The number of benzene rings is 2. The minimum absolute atomic E-state index is 0.0101. The van der Waals surface area contributed by atoms with Crippen molar-refractivity contribution in [2.75, 3.05) is 0 Å². The lowest BCUT2D eigenvalue weighted by Gasteiger charge is -1.98. The van der Waals surface area contributed by atoms with E-state index in [2.05, 4.69) is 10.2 Å². The topological polar surface area (TPSA) is 107 Å². The average Bonchev–Trinajstić information content (AvgIpc) is 3.09. The smallest absolute Gasteiger partial charge is 0.247 e. The predicted molar refractivity (Wildman–Crippen MR) is 99.9 cm³/mol. The Morgan fingerprint density at radius 2 is 1.56 bits per heavy atom. The van der Waals surface area contributed by atoms with Gasteiger partial charge in [0.15, 0.2) is 9.84 Å². The molecule has 3 rings (SSSR count). The monoisotopic (exact) mass is 404 g/mol. The molecule has 0 aliphatic carbocycles. The van der Waals surface area contributed by atoms with E-state index >= 15 is 0 Å². The Kier molecular flexibility index (Phi) is 5.24. The maximum absolute atomic E-state index is 12.2. The third-order valence-electron chi connectivity index (χ3n) is 3.60. The Morgan fingerprint density at radius 3 is 2.22 bits per heavy atom. The highest BCUT2D eigenvalue weighted by Gasteiger charge is 2.17. The summed E-state index contributed by atoms with van der Waals surface area (Å²) in [5, 5.41) is 8.86. The van der Waals surface area contributed by atoms with Crippen LogP contribution in [-0.2, 0) is 25.4 Å². The van der Waals surface area contributed by atoms with Crippen molar-refractivity contribution in [1.82, 2.24) is 10.2 Å². The van der Waals surface area contributed by atoms with Crippen LogP contribution in [0.3, 0.4) is 0 Å². The molecule has 0 fully saturated rings. The van der Waals surface area contributed by atoms with Crippen molar-refractivity contribution in [1.29, 1.82) is 0 Å². The van der Waals surface area contributed by atoms with E-state index in [-0.39, 0.29) is 16.7 Å². The lowest BCUT2D eigenvalue weighted by molar-refractivity contribution is 0.520. The van der Waals surface area contributed by atoms with E-state index in [0.29, 0.717) is 16.4 Å². The summed E-state index contributed by atoms with van der Waals surface area (Å²) in [6, 6.07) is 14.9. The zero-order valence-electron chi connectivity index (χ0n) is 14.3. The summed E-state index contributed by atoms with van der Waals surface area (Å²) < 4.78 is 54.0. The highest BCUT2D eigenvalue weighted by atomic mass is 32.2. The second-order valence-corrected chi connectivity index (χ2v) is 9.52. The molecule has 0 unspecified atom stereocenters. The van der Waals surface area contributed by atoms with Crippen molar-refractivity contribution in [2.45, 2.75) is 17.6 Å². The van der Waals surface area contributed by atoms with Gasteiger partial charge in [-0.15, -0.1) is 10.2 Å². The van der Waals surface area contributed by atoms with Crippen LogP contribution in [0, 0.1) is 6.92 Å². The second kappa shape index (κ2) is 7.45. The largest absolute Gasteiger partial charge is 0.420 e. The fourth-order valence-corrected chi connectivity index (χ4v) is 4.70. The van der Waals surface area contributed by atoms with Crippen LogP contribution in [-0.4, -0.2) is 27.0 Å². The van der Waals surface area contributed by atoms with Gasteiger partial charge in [0.05, 0.1) is 4.90 Å². The lowest BCUT2D eigenvalue weighted by atomic mass is 10.1. The van der Waals surface area contributed by atoms with Crippen molar-refractivity contribution in [3.05, 3.63) is 76.9 Å². The lowest BCUT2D eigenvalue weighted by Crippen LogP contribution is -2.03. The van der Waals surface area contributed by atoms with E-state index in [4.69, 9.17) is 4.42 Å². The summed E-state index contributed by atoms with van der Waals surface area (Å²) >= 11 is 0. The maximum atomic E-state index is 12.2. The van der Waals surface area contributed by atoms with Gasteiger partial charge in [0.25, 0.3) is 0 Å². The van der Waals surface area contributed by atoms with Crippen LogP contribution < -0.4 is 0 Å². The Labute approximate surface area is 157 Å². The first-order valence-corrected chi connectivity index (χ1v) is 11.1. The Hall–Kier alpha value is -2.78. The van der Waals surface area contributed by atoms with Gasteiger partial charge in [-0.2, -0.15) is 0 Å². The van der Waals surface area contributed by atoms with E-state index in [0.717, 1.165) is 5.56 Å². The number of rotatable bonds is 6. The average molecular weight is 404 g/mol.